The van der Waals surface area contributed by atoms with E-state index < -0.39 is 33.1 Å². The summed E-state index contributed by atoms with van der Waals surface area (Å²) in [7, 11) is -3.73. The summed E-state index contributed by atoms with van der Waals surface area (Å²) < 4.78 is 54.9. The molecule has 0 amide bonds. The van der Waals surface area contributed by atoms with Crippen molar-refractivity contribution >= 4 is 21.4 Å². The van der Waals surface area contributed by atoms with Gasteiger partial charge in [0.25, 0.3) is 5.56 Å². The molecule has 1 atom stereocenters. The van der Waals surface area contributed by atoms with Crippen molar-refractivity contribution in [2.75, 3.05) is 19.0 Å². The normalized spacial score (nSPS) is 14.7. The van der Waals surface area contributed by atoms with E-state index in [0.717, 1.165) is 17.7 Å². The number of hydrogen-bond acceptors (Lipinski definition) is 7. The lowest BCUT2D eigenvalue weighted by atomic mass is 10.1. The zero-order valence-electron chi connectivity index (χ0n) is 18.8. The maximum absolute atomic E-state index is 14.3. The van der Waals surface area contributed by atoms with Gasteiger partial charge in [-0.05, 0) is 54.3 Å². The van der Waals surface area contributed by atoms with Crippen LogP contribution in [0.1, 0.15) is 35.7 Å². The summed E-state index contributed by atoms with van der Waals surface area (Å²) in [6.45, 7) is 0.424. The van der Waals surface area contributed by atoms with Gasteiger partial charge in [-0.15, -0.1) is 11.3 Å². The molecule has 1 aliphatic rings. The van der Waals surface area contributed by atoms with Gasteiger partial charge in [-0.1, -0.05) is 12.1 Å². The minimum atomic E-state index is -3.73. The Morgan fingerprint density at radius 1 is 1.23 bits per heavy atom. The smallest absolute Gasteiger partial charge is 0.330 e. The standard InChI is InChI=1S/C23H26FN3O6S2/c24-18-7-6-17(13-19(18)33-14-16-4-5-16)22(20-3-1-11-34-20)26-35(30,31)12-2-10-32-15-27-9-8-21(28)25-23(27)29/h1,3,6-9,11,13,16,22,26H,2,4-5,10,12,14-15H2,(H,25,28,29)/t22-/m0/s1. The summed E-state index contributed by atoms with van der Waals surface area (Å²) in [6, 6.07) is 8.54. The van der Waals surface area contributed by atoms with E-state index in [2.05, 4.69) is 9.71 Å². The Hall–Kier alpha value is -2.80. The van der Waals surface area contributed by atoms with Crippen molar-refractivity contribution in [2.45, 2.75) is 32.0 Å². The molecular formula is C23H26FN3O6S2. The van der Waals surface area contributed by atoms with Crippen LogP contribution < -0.4 is 20.7 Å². The Balaban J connectivity index is 1.37. The second kappa shape index (κ2) is 11.3. The first-order valence-electron chi connectivity index (χ1n) is 11.1. The lowest BCUT2D eigenvalue weighted by Gasteiger charge is -2.19. The van der Waals surface area contributed by atoms with Crippen LogP contribution in [-0.4, -0.2) is 36.9 Å². The fourth-order valence-corrected chi connectivity index (χ4v) is 5.46. The van der Waals surface area contributed by atoms with Crippen molar-refractivity contribution in [1.82, 2.24) is 14.3 Å². The summed E-state index contributed by atoms with van der Waals surface area (Å²) in [4.78, 5) is 25.6. The van der Waals surface area contributed by atoms with Crippen molar-refractivity contribution in [3.05, 3.63) is 85.1 Å². The van der Waals surface area contributed by atoms with Gasteiger partial charge in [0.05, 0.1) is 18.4 Å². The summed E-state index contributed by atoms with van der Waals surface area (Å²) >= 11 is 1.39. The molecule has 1 aliphatic carbocycles. The van der Waals surface area contributed by atoms with Crippen LogP contribution in [0.5, 0.6) is 5.75 Å². The molecule has 188 valence electrons. The summed E-state index contributed by atoms with van der Waals surface area (Å²) in [5.74, 6) is -0.126. The average Bonchev–Trinajstić information content (AvgIpc) is 3.49. The van der Waals surface area contributed by atoms with Gasteiger partial charge >= 0.3 is 5.69 Å². The fraction of sp³-hybridized carbons (Fsp3) is 0.391. The zero-order valence-corrected chi connectivity index (χ0v) is 20.4. The van der Waals surface area contributed by atoms with Crippen LogP contribution in [0.2, 0.25) is 0 Å². The number of aromatic amines is 1. The number of halogens is 1. The largest absolute Gasteiger partial charge is 0.490 e. The third-order valence-corrected chi connectivity index (χ3v) is 7.77. The van der Waals surface area contributed by atoms with Crippen LogP contribution in [0.3, 0.4) is 0 Å². The van der Waals surface area contributed by atoms with Gasteiger partial charge < -0.3 is 9.47 Å². The maximum atomic E-state index is 14.3. The van der Waals surface area contributed by atoms with E-state index in [-0.39, 0.29) is 31.3 Å². The van der Waals surface area contributed by atoms with E-state index in [1.165, 1.54) is 34.2 Å². The van der Waals surface area contributed by atoms with E-state index >= 15 is 0 Å². The second-order valence-electron chi connectivity index (χ2n) is 8.30. The van der Waals surface area contributed by atoms with Crippen molar-refractivity contribution in [3.63, 3.8) is 0 Å². The number of hydrogen-bond donors (Lipinski definition) is 2. The quantitative estimate of drug-likeness (QED) is 0.333. The third kappa shape index (κ3) is 7.34. The minimum absolute atomic E-state index is 0.0891. The van der Waals surface area contributed by atoms with Gasteiger partial charge in [-0.2, -0.15) is 0 Å². The van der Waals surface area contributed by atoms with Gasteiger partial charge in [0.1, 0.15) is 6.73 Å². The lowest BCUT2D eigenvalue weighted by molar-refractivity contribution is 0.0744. The molecule has 0 bridgehead atoms. The second-order valence-corrected chi connectivity index (χ2v) is 11.2. The highest BCUT2D eigenvalue weighted by Gasteiger charge is 2.25. The summed E-state index contributed by atoms with van der Waals surface area (Å²) in [6.07, 6.45) is 3.63. The molecule has 9 nitrogen and oxygen atoms in total. The number of sulfonamides is 1. The molecule has 4 rings (SSSR count). The summed E-state index contributed by atoms with van der Waals surface area (Å²) in [5, 5.41) is 1.84. The molecule has 2 heterocycles. The molecule has 1 saturated carbocycles. The van der Waals surface area contributed by atoms with Crippen LogP contribution in [0, 0.1) is 11.7 Å². The first-order valence-corrected chi connectivity index (χ1v) is 13.7. The molecule has 1 fully saturated rings. The first kappa shape index (κ1) is 25.3. The van der Waals surface area contributed by atoms with E-state index in [1.54, 1.807) is 12.1 Å². The first-order chi connectivity index (χ1) is 16.8. The Morgan fingerprint density at radius 3 is 2.77 bits per heavy atom. The van der Waals surface area contributed by atoms with Crippen LogP contribution >= 0.6 is 11.3 Å². The Labute approximate surface area is 205 Å². The number of rotatable bonds is 13. The number of aromatic nitrogens is 2. The SMILES string of the molecule is O=c1ccn(COCCCS(=O)(=O)N[C@@H](c2ccc(F)c(OCC3CC3)c2)c2cccs2)c(=O)[nH]1. The van der Waals surface area contributed by atoms with E-state index in [0.29, 0.717) is 18.1 Å². The topological polar surface area (TPSA) is 119 Å². The van der Waals surface area contributed by atoms with Crippen molar-refractivity contribution in [1.29, 1.82) is 0 Å². The van der Waals surface area contributed by atoms with Gasteiger partial charge in [-0.25, -0.2) is 22.3 Å². The Kier molecular flexibility index (Phi) is 8.16. The molecule has 35 heavy (non-hydrogen) atoms. The van der Waals surface area contributed by atoms with Crippen LogP contribution in [0.4, 0.5) is 4.39 Å². The zero-order chi connectivity index (χ0) is 24.8. The number of ether oxygens (including phenoxy) is 2. The van der Waals surface area contributed by atoms with Crippen LogP contribution in [0.15, 0.2) is 57.6 Å². The fourth-order valence-electron chi connectivity index (χ4n) is 3.35. The van der Waals surface area contributed by atoms with Gasteiger partial charge in [0.15, 0.2) is 11.6 Å². The maximum Gasteiger partial charge on any atom is 0.330 e. The van der Waals surface area contributed by atoms with Crippen LogP contribution in [0.25, 0.3) is 0 Å². The van der Waals surface area contributed by atoms with Crippen molar-refractivity contribution in [2.24, 2.45) is 5.92 Å². The molecule has 0 radical (unpaired) electrons. The van der Waals surface area contributed by atoms with Gasteiger partial charge in [0, 0.05) is 23.7 Å². The predicted octanol–water partition coefficient (Wildman–Crippen LogP) is 2.60. The van der Waals surface area contributed by atoms with E-state index in [4.69, 9.17) is 9.47 Å². The van der Waals surface area contributed by atoms with E-state index in [1.807, 2.05) is 17.5 Å². The average molecular weight is 524 g/mol. The predicted molar refractivity (Wildman–Crippen MR) is 130 cm³/mol. The highest BCUT2D eigenvalue weighted by Crippen LogP contribution is 2.33. The third-order valence-electron chi connectivity index (χ3n) is 5.41. The molecule has 1 aromatic carbocycles. The monoisotopic (exact) mass is 523 g/mol. The molecule has 2 aromatic heterocycles. The number of H-pyrrole nitrogens is 1. The minimum Gasteiger partial charge on any atom is -0.490 e. The number of nitrogens with one attached hydrogen (secondary N) is 2. The molecule has 0 spiro atoms. The number of thiophene rings is 1. The molecule has 0 unspecified atom stereocenters. The Bertz CT molecular complexity index is 1350. The van der Waals surface area contributed by atoms with Gasteiger partial charge in [0.2, 0.25) is 10.0 Å². The van der Waals surface area contributed by atoms with Crippen LogP contribution in [-0.2, 0) is 21.5 Å². The summed E-state index contributed by atoms with van der Waals surface area (Å²) in [5.41, 5.74) is -0.534. The van der Waals surface area contributed by atoms with Crippen molar-refractivity contribution in [3.8, 4) is 5.75 Å². The molecule has 0 aliphatic heterocycles. The molecule has 3 aromatic rings. The number of nitrogens with zero attached hydrogens (tertiary/aromatic N) is 1. The lowest BCUT2D eigenvalue weighted by Crippen LogP contribution is -2.32. The molecule has 12 heteroatoms. The molecule has 0 saturated heterocycles. The van der Waals surface area contributed by atoms with E-state index in [9.17, 15) is 22.4 Å². The van der Waals surface area contributed by atoms with Gasteiger partial charge in [-0.3, -0.25) is 14.3 Å². The molecule has 2 N–H and O–H groups in total. The highest BCUT2D eigenvalue weighted by atomic mass is 32.2. The Morgan fingerprint density at radius 2 is 2.06 bits per heavy atom. The highest BCUT2D eigenvalue weighted by molar-refractivity contribution is 7.89. The van der Waals surface area contributed by atoms with Crippen molar-refractivity contribution < 1.29 is 22.3 Å². The number of benzene rings is 1. The molecular weight excluding hydrogens is 497 g/mol.